The van der Waals surface area contributed by atoms with E-state index in [0.717, 1.165) is 32.4 Å². The minimum Gasteiger partial charge on any atom is -0.478 e. The van der Waals surface area contributed by atoms with Crippen LogP contribution >= 0.6 is 15.9 Å². The first-order chi connectivity index (χ1) is 9.97. The van der Waals surface area contributed by atoms with Gasteiger partial charge in [0, 0.05) is 10.2 Å². The van der Waals surface area contributed by atoms with E-state index in [1.54, 1.807) is 6.07 Å². The number of nitrogens with one attached hydrogen (secondary N) is 2. The smallest absolute Gasteiger partial charge is 0.335 e. The maximum atomic E-state index is 12.6. The van der Waals surface area contributed by atoms with Crippen LogP contribution in [0, 0.1) is 5.41 Å². The molecule has 0 spiro atoms. The molecule has 1 aliphatic heterocycles. The molecule has 0 bridgehead atoms. The van der Waals surface area contributed by atoms with Crippen molar-refractivity contribution in [1.82, 2.24) is 5.32 Å². The number of carbonyl (C=O) groups excluding carboxylic acids is 1. The molecule has 114 valence electrons. The van der Waals surface area contributed by atoms with E-state index in [1.165, 1.54) is 12.1 Å². The van der Waals surface area contributed by atoms with Gasteiger partial charge in [-0.15, -0.1) is 0 Å². The number of hydrogen-bond acceptors (Lipinski definition) is 3. The summed E-state index contributed by atoms with van der Waals surface area (Å²) >= 11 is 3.27. The Balaban J connectivity index is 2.20. The zero-order chi connectivity index (χ0) is 15.5. The molecule has 5 nitrogen and oxygen atoms in total. The van der Waals surface area contributed by atoms with Gasteiger partial charge in [-0.3, -0.25) is 4.79 Å². The Kier molecular flexibility index (Phi) is 5.00. The van der Waals surface area contributed by atoms with E-state index in [4.69, 9.17) is 5.11 Å². The predicted molar refractivity (Wildman–Crippen MR) is 84.6 cm³/mol. The van der Waals surface area contributed by atoms with Crippen LogP contribution in [0.5, 0.6) is 0 Å². The Hall–Kier alpha value is -1.40. The van der Waals surface area contributed by atoms with Crippen molar-refractivity contribution >= 4 is 33.5 Å². The molecule has 21 heavy (non-hydrogen) atoms. The van der Waals surface area contributed by atoms with Gasteiger partial charge >= 0.3 is 5.97 Å². The number of carbonyl (C=O) groups is 2. The summed E-state index contributed by atoms with van der Waals surface area (Å²) in [5, 5.41) is 15.2. The average molecular weight is 355 g/mol. The van der Waals surface area contributed by atoms with Gasteiger partial charge in [-0.2, -0.15) is 0 Å². The summed E-state index contributed by atoms with van der Waals surface area (Å²) in [5.41, 5.74) is 0.297. The second kappa shape index (κ2) is 6.58. The highest BCUT2D eigenvalue weighted by atomic mass is 79.9. The van der Waals surface area contributed by atoms with Gasteiger partial charge in [-0.05, 0) is 50.6 Å². The summed E-state index contributed by atoms with van der Waals surface area (Å²) in [6.07, 6.45) is 2.38. The SMILES string of the molecule is CCC1(C(=O)Nc2cc(Br)cc(C(=O)O)c2)CCNCC1. The monoisotopic (exact) mass is 354 g/mol. The van der Waals surface area contributed by atoms with E-state index < -0.39 is 5.97 Å². The van der Waals surface area contributed by atoms with E-state index in [1.807, 2.05) is 6.92 Å². The standard InChI is InChI=1S/C15H19BrN2O3/c1-2-15(3-5-17-6-4-15)14(21)18-12-8-10(13(19)20)7-11(16)9-12/h7-9,17H,2-6H2,1H3,(H,18,21)(H,19,20). The molecule has 0 radical (unpaired) electrons. The molecule has 1 amide bonds. The van der Waals surface area contributed by atoms with Crippen molar-refractivity contribution in [3.8, 4) is 0 Å². The van der Waals surface area contributed by atoms with Crippen molar-refractivity contribution in [2.75, 3.05) is 18.4 Å². The van der Waals surface area contributed by atoms with Crippen LogP contribution in [0.3, 0.4) is 0 Å². The Morgan fingerprint density at radius 2 is 2.00 bits per heavy atom. The second-order valence-electron chi connectivity index (χ2n) is 5.37. The summed E-state index contributed by atoms with van der Waals surface area (Å²) in [4.78, 5) is 23.7. The van der Waals surface area contributed by atoms with Crippen molar-refractivity contribution in [3.05, 3.63) is 28.2 Å². The average Bonchev–Trinajstić information content (AvgIpc) is 2.47. The van der Waals surface area contributed by atoms with Crippen molar-refractivity contribution in [2.45, 2.75) is 26.2 Å². The number of carboxylic acid groups (broad SMARTS) is 1. The highest BCUT2D eigenvalue weighted by Gasteiger charge is 2.37. The summed E-state index contributed by atoms with van der Waals surface area (Å²) < 4.78 is 0.633. The number of benzene rings is 1. The van der Waals surface area contributed by atoms with Gasteiger partial charge in [-0.1, -0.05) is 22.9 Å². The van der Waals surface area contributed by atoms with Crippen LogP contribution in [0.25, 0.3) is 0 Å². The summed E-state index contributed by atoms with van der Waals surface area (Å²) in [5.74, 6) is -1.04. The Morgan fingerprint density at radius 3 is 2.57 bits per heavy atom. The second-order valence-corrected chi connectivity index (χ2v) is 6.29. The molecule has 0 saturated carbocycles. The fourth-order valence-electron chi connectivity index (χ4n) is 2.70. The molecule has 0 unspecified atom stereocenters. The van der Waals surface area contributed by atoms with Crippen molar-refractivity contribution in [2.24, 2.45) is 5.41 Å². The highest BCUT2D eigenvalue weighted by molar-refractivity contribution is 9.10. The third kappa shape index (κ3) is 3.63. The zero-order valence-electron chi connectivity index (χ0n) is 11.9. The van der Waals surface area contributed by atoms with E-state index in [-0.39, 0.29) is 16.9 Å². The van der Waals surface area contributed by atoms with Crippen LogP contribution in [0.1, 0.15) is 36.5 Å². The molecular formula is C15H19BrN2O3. The molecule has 1 saturated heterocycles. The van der Waals surface area contributed by atoms with E-state index >= 15 is 0 Å². The van der Waals surface area contributed by atoms with Crippen LogP contribution in [0.2, 0.25) is 0 Å². The fourth-order valence-corrected chi connectivity index (χ4v) is 3.19. The number of carboxylic acids is 1. The molecule has 0 atom stereocenters. The van der Waals surface area contributed by atoms with Crippen LogP contribution in [-0.2, 0) is 4.79 Å². The first-order valence-electron chi connectivity index (χ1n) is 7.03. The molecule has 1 aromatic rings. The summed E-state index contributed by atoms with van der Waals surface area (Å²) in [6.45, 7) is 3.69. The summed E-state index contributed by atoms with van der Waals surface area (Å²) in [6, 6.07) is 4.71. The van der Waals surface area contributed by atoms with Gasteiger partial charge in [0.25, 0.3) is 0 Å². The number of hydrogen-bond donors (Lipinski definition) is 3. The van der Waals surface area contributed by atoms with Crippen molar-refractivity contribution in [3.63, 3.8) is 0 Å². The lowest BCUT2D eigenvalue weighted by Gasteiger charge is -2.35. The Bertz CT molecular complexity index is 554. The molecule has 1 aromatic carbocycles. The maximum absolute atomic E-state index is 12.6. The van der Waals surface area contributed by atoms with Crippen LogP contribution < -0.4 is 10.6 Å². The Morgan fingerprint density at radius 1 is 1.33 bits per heavy atom. The molecule has 1 heterocycles. The highest BCUT2D eigenvalue weighted by Crippen LogP contribution is 2.34. The maximum Gasteiger partial charge on any atom is 0.335 e. The molecule has 1 aliphatic rings. The van der Waals surface area contributed by atoms with Gasteiger partial charge in [-0.25, -0.2) is 4.79 Å². The number of anilines is 1. The number of piperidine rings is 1. The first kappa shape index (κ1) is 16.0. The topological polar surface area (TPSA) is 78.4 Å². The lowest BCUT2D eigenvalue weighted by atomic mass is 9.76. The van der Waals surface area contributed by atoms with E-state index in [9.17, 15) is 9.59 Å². The van der Waals surface area contributed by atoms with E-state index in [0.29, 0.717) is 10.2 Å². The van der Waals surface area contributed by atoms with Gasteiger partial charge in [0.15, 0.2) is 0 Å². The largest absolute Gasteiger partial charge is 0.478 e. The third-order valence-corrected chi connectivity index (χ3v) is 4.58. The van der Waals surface area contributed by atoms with Gasteiger partial charge in [0.1, 0.15) is 0 Å². The summed E-state index contributed by atoms with van der Waals surface area (Å²) in [7, 11) is 0. The zero-order valence-corrected chi connectivity index (χ0v) is 13.5. The minimum absolute atomic E-state index is 0.0269. The molecule has 1 fully saturated rings. The molecular weight excluding hydrogens is 336 g/mol. The van der Waals surface area contributed by atoms with Crippen LogP contribution in [0.15, 0.2) is 22.7 Å². The lowest BCUT2D eigenvalue weighted by Crippen LogP contribution is -2.44. The quantitative estimate of drug-likeness (QED) is 0.776. The number of rotatable bonds is 4. The molecule has 2 rings (SSSR count). The van der Waals surface area contributed by atoms with Crippen molar-refractivity contribution in [1.29, 1.82) is 0 Å². The number of amides is 1. The fraction of sp³-hybridized carbons (Fsp3) is 0.467. The molecule has 0 aromatic heterocycles. The van der Waals surface area contributed by atoms with Crippen LogP contribution in [0.4, 0.5) is 5.69 Å². The van der Waals surface area contributed by atoms with Gasteiger partial charge in [0.2, 0.25) is 5.91 Å². The Labute approximate surface area is 132 Å². The molecule has 6 heteroatoms. The molecule has 0 aliphatic carbocycles. The van der Waals surface area contributed by atoms with Crippen LogP contribution in [-0.4, -0.2) is 30.1 Å². The number of halogens is 1. The lowest BCUT2D eigenvalue weighted by molar-refractivity contribution is -0.127. The normalized spacial score (nSPS) is 17.2. The first-order valence-corrected chi connectivity index (χ1v) is 7.82. The predicted octanol–water partition coefficient (Wildman–Crippen LogP) is 2.87. The van der Waals surface area contributed by atoms with E-state index in [2.05, 4.69) is 26.6 Å². The van der Waals surface area contributed by atoms with Crippen molar-refractivity contribution < 1.29 is 14.7 Å². The minimum atomic E-state index is -1.01. The number of aromatic carboxylic acids is 1. The van der Waals surface area contributed by atoms with Gasteiger partial charge in [0.05, 0.1) is 11.0 Å². The van der Waals surface area contributed by atoms with Gasteiger partial charge < -0.3 is 15.7 Å². The third-order valence-electron chi connectivity index (χ3n) is 4.12. The molecule has 3 N–H and O–H groups in total.